The summed E-state index contributed by atoms with van der Waals surface area (Å²) in [4.78, 5) is 0. The second-order valence-corrected chi connectivity index (χ2v) is 6.91. The van der Waals surface area contributed by atoms with Gasteiger partial charge in [0.25, 0.3) is 0 Å². The summed E-state index contributed by atoms with van der Waals surface area (Å²) in [6.07, 6.45) is 0.566. The van der Waals surface area contributed by atoms with E-state index in [2.05, 4.69) is 10.2 Å². The predicted octanol–water partition coefficient (Wildman–Crippen LogP) is 5.57. The summed E-state index contributed by atoms with van der Waals surface area (Å²) in [6, 6.07) is 23.0. The highest BCUT2D eigenvalue weighted by Crippen LogP contribution is 2.22. The number of methoxy groups -OCH3 is 1. The Morgan fingerprint density at radius 2 is 1.59 bits per heavy atom. The molecule has 0 aliphatic heterocycles. The maximum absolute atomic E-state index is 5.92. The van der Waals surface area contributed by atoms with Crippen LogP contribution in [0.1, 0.15) is 17.0 Å². The van der Waals surface area contributed by atoms with Crippen molar-refractivity contribution < 1.29 is 13.9 Å². The molecule has 0 spiro atoms. The van der Waals surface area contributed by atoms with E-state index in [4.69, 9.17) is 25.5 Å². The smallest absolute Gasteiger partial charge is 0.247 e. The Kier molecular flexibility index (Phi) is 5.77. The van der Waals surface area contributed by atoms with E-state index in [-0.39, 0.29) is 0 Å². The molecule has 0 N–H and O–H groups in total. The van der Waals surface area contributed by atoms with Gasteiger partial charge in [-0.15, -0.1) is 10.2 Å². The van der Waals surface area contributed by atoms with Gasteiger partial charge in [-0.25, -0.2) is 0 Å². The Bertz CT molecular complexity index is 1080. The zero-order valence-corrected chi connectivity index (χ0v) is 16.6. The lowest BCUT2D eigenvalue weighted by molar-refractivity contribution is 0.303. The van der Waals surface area contributed by atoms with Crippen LogP contribution in [-0.2, 0) is 13.0 Å². The third-order valence-electron chi connectivity index (χ3n) is 4.38. The van der Waals surface area contributed by atoms with Crippen molar-refractivity contribution in [3.63, 3.8) is 0 Å². The fraction of sp³-hybridized carbons (Fsp3) is 0.130. The predicted molar refractivity (Wildman–Crippen MR) is 111 cm³/mol. The van der Waals surface area contributed by atoms with Gasteiger partial charge in [0.05, 0.1) is 13.5 Å². The number of benzene rings is 3. The number of halogens is 1. The summed E-state index contributed by atoms with van der Waals surface area (Å²) < 4.78 is 16.8. The van der Waals surface area contributed by atoms with E-state index >= 15 is 0 Å². The molecule has 1 aromatic heterocycles. The third kappa shape index (κ3) is 4.95. The number of rotatable bonds is 7. The zero-order valence-electron chi connectivity index (χ0n) is 15.8. The number of ether oxygens (including phenoxy) is 2. The van der Waals surface area contributed by atoms with Crippen LogP contribution in [0.3, 0.4) is 0 Å². The van der Waals surface area contributed by atoms with Gasteiger partial charge >= 0.3 is 0 Å². The molecule has 0 atom stereocenters. The topological polar surface area (TPSA) is 57.4 Å². The van der Waals surface area contributed by atoms with E-state index in [1.165, 1.54) is 0 Å². The summed E-state index contributed by atoms with van der Waals surface area (Å²) in [7, 11) is 1.64. The van der Waals surface area contributed by atoms with Gasteiger partial charge in [0.2, 0.25) is 11.8 Å². The number of aromatic nitrogens is 2. The van der Waals surface area contributed by atoms with Crippen LogP contribution in [0.15, 0.2) is 77.2 Å². The van der Waals surface area contributed by atoms with Crippen molar-refractivity contribution in [2.45, 2.75) is 13.0 Å². The van der Waals surface area contributed by atoms with E-state index in [1.807, 2.05) is 72.8 Å². The normalized spacial score (nSPS) is 10.7. The molecule has 0 bridgehead atoms. The van der Waals surface area contributed by atoms with Gasteiger partial charge in [0, 0.05) is 16.7 Å². The van der Waals surface area contributed by atoms with Gasteiger partial charge in [-0.2, -0.15) is 0 Å². The monoisotopic (exact) mass is 406 g/mol. The average Bonchev–Trinajstić information content (AvgIpc) is 3.23. The first-order valence-corrected chi connectivity index (χ1v) is 9.50. The lowest BCUT2D eigenvalue weighted by Crippen LogP contribution is -1.95. The van der Waals surface area contributed by atoms with Gasteiger partial charge in [-0.05, 0) is 47.5 Å². The van der Waals surface area contributed by atoms with Crippen molar-refractivity contribution in [2.24, 2.45) is 0 Å². The Balaban J connectivity index is 1.38. The minimum atomic E-state index is 0.457. The lowest BCUT2D eigenvalue weighted by atomic mass is 10.1. The van der Waals surface area contributed by atoms with Crippen molar-refractivity contribution in [3.05, 3.63) is 94.8 Å². The van der Waals surface area contributed by atoms with E-state index in [1.54, 1.807) is 7.11 Å². The molecule has 6 heteroatoms. The van der Waals surface area contributed by atoms with Crippen molar-refractivity contribution >= 4 is 11.6 Å². The Labute approximate surface area is 173 Å². The largest absolute Gasteiger partial charge is 0.497 e. The van der Waals surface area contributed by atoms with E-state index < -0.39 is 0 Å². The Hall–Kier alpha value is -3.31. The van der Waals surface area contributed by atoms with Crippen molar-refractivity contribution in [3.8, 4) is 23.0 Å². The minimum Gasteiger partial charge on any atom is -0.497 e. The van der Waals surface area contributed by atoms with Crippen LogP contribution in [0.5, 0.6) is 11.5 Å². The molecule has 3 aromatic carbocycles. The summed E-state index contributed by atoms with van der Waals surface area (Å²) in [5.41, 5.74) is 2.97. The SMILES string of the molecule is COc1cccc(OCc2ccc(-c3nnc(Cc4ccc(Cl)cc4)o3)cc2)c1. The first kappa shape index (κ1) is 19.0. The van der Waals surface area contributed by atoms with Crippen LogP contribution in [0.25, 0.3) is 11.5 Å². The zero-order chi connectivity index (χ0) is 20.1. The molecule has 0 radical (unpaired) electrons. The average molecular weight is 407 g/mol. The maximum Gasteiger partial charge on any atom is 0.247 e. The van der Waals surface area contributed by atoms with Crippen LogP contribution < -0.4 is 9.47 Å². The highest BCUT2D eigenvalue weighted by Gasteiger charge is 2.09. The fourth-order valence-corrected chi connectivity index (χ4v) is 2.95. The molecule has 4 aromatic rings. The molecule has 0 aliphatic rings. The molecule has 4 rings (SSSR count). The van der Waals surface area contributed by atoms with Crippen LogP contribution >= 0.6 is 11.6 Å². The molecule has 146 valence electrons. The van der Waals surface area contributed by atoms with Crippen molar-refractivity contribution in [2.75, 3.05) is 7.11 Å². The van der Waals surface area contributed by atoms with Gasteiger partial charge in [-0.3, -0.25) is 0 Å². The third-order valence-corrected chi connectivity index (χ3v) is 4.64. The summed E-state index contributed by atoms with van der Waals surface area (Å²) >= 11 is 5.92. The standard InChI is InChI=1S/C23H19ClN2O3/c1-27-20-3-2-4-21(14-20)28-15-17-5-9-18(10-6-17)23-26-25-22(29-23)13-16-7-11-19(24)12-8-16/h2-12,14H,13,15H2,1H3. The molecule has 0 aliphatic carbocycles. The van der Waals surface area contributed by atoms with E-state index in [9.17, 15) is 0 Å². The van der Waals surface area contributed by atoms with Crippen LogP contribution in [0, 0.1) is 0 Å². The minimum absolute atomic E-state index is 0.457. The molecule has 0 fully saturated rings. The van der Waals surface area contributed by atoms with Crippen molar-refractivity contribution in [1.82, 2.24) is 10.2 Å². The van der Waals surface area contributed by atoms with Gasteiger partial charge in [-0.1, -0.05) is 41.9 Å². The van der Waals surface area contributed by atoms with E-state index in [0.717, 1.165) is 28.2 Å². The lowest BCUT2D eigenvalue weighted by Gasteiger charge is -2.08. The molecule has 0 unspecified atom stereocenters. The first-order chi connectivity index (χ1) is 14.2. The summed E-state index contributed by atoms with van der Waals surface area (Å²) in [6.45, 7) is 0.457. The van der Waals surface area contributed by atoms with Crippen LogP contribution in [0.2, 0.25) is 5.02 Å². The molecule has 0 saturated heterocycles. The molecule has 0 saturated carbocycles. The molecule has 0 amide bonds. The molecule has 1 heterocycles. The molecule has 5 nitrogen and oxygen atoms in total. The summed E-state index contributed by atoms with van der Waals surface area (Å²) in [5.74, 6) is 2.59. The Morgan fingerprint density at radius 1 is 0.862 bits per heavy atom. The van der Waals surface area contributed by atoms with Gasteiger partial charge in [0.15, 0.2) is 0 Å². The molecular formula is C23H19ClN2O3. The maximum atomic E-state index is 5.92. The van der Waals surface area contributed by atoms with Crippen LogP contribution in [-0.4, -0.2) is 17.3 Å². The molecular weight excluding hydrogens is 388 g/mol. The quantitative estimate of drug-likeness (QED) is 0.401. The first-order valence-electron chi connectivity index (χ1n) is 9.12. The number of nitrogens with zero attached hydrogens (tertiary/aromatic N) is 2. The molecule has 29 heavy (non-hydrogen) atoms. The fourth-order valence-electron chi connectivity index (χ4n) is 2.82. The highest BCUT2D eigenvalue weighted by atomic mass is 35.5. The van der Waals surface area contributed by atoms with Gasteiger partial charge in [0.1, 0.15) is 18.1 Å². The highest BCUT2D eigenvalue weighted by molar-refractivity contribution is 6.30. The number of hydrogen-bond donors (Lipinski definition) is 0. The Morgan fingerprint density at radius 3 is 2.34 bits per heavy atom. The van der Waals surface area contributed by atoms with E-state index in [0.29, 0.717) is 29.8 Å². The van der Waals surface area contributed by atoms with Gasteiger partial charge < -0.3 is 13.9 Å². The van der Waals surface area contributed by atoms with Crippen molar-refractivity contribution in [1.29, 1.82) is 0 Å². The second-order valence-electron chi connectivity index (χ2n) is 6.47. The van der Waals surface area contributed by atoms with Crippen LogP contribution in [0.4, 0.5) is 0 Å². The number of hydrogen-bond acceptors (Lipinski definition) is 5. The summed E-state index contributed by atoms with van der Waals surface area (Å²) in [5, 5.41) is 9.00. The second kappa shape index (κ2) is 8.80.